The Labute approximate surface area is 488 Å². The second-order valence-corrected chi connectivity index (χ2v) is 27.9. The van der Waals surface area contributed by atoms with Crippen LogP contribution in [0.25, 0.3) is 10.9 Å². The van der Waals surface area contributed by atoms with Gasteiger partial charge >= 0.3 is 6.09 Å². The van der Waals surface area contributed by atoms with Crippen LogP contribution in [0.3, 0.4) is 0 Å². The minimum atomic E-state index is -3.85. The number of halogens is 1. The second kappa shape index (κ2) is 24.4. The number of fused-ring (bicyclic) bond motifs is 1. The number of hydrogen-bond donors (Lipinski definition) is 2. The van der Waals surface area contributed by atoms with Gasteiger partial charge < -0.3 is 39.1 Å². The summed E-state index contributed by atoms with van der Waals surface area (Å²) in [6.45, 7) is 22.0. The summed E-state index contributed by atoms with van der Waals surface area (Å²) in [5.74, 6) is 2.02. The van der Waals surface area contributed by atoms with Crippen LogP contribution in [0.5, 0.6) is 11.5 Å². The van der Waals surface area contributed by atoms with Crippen LogP contribution >= 0.6 is 11.3 Å². The first-order valence-electron chi connectivity index (χ1n) is 28.7. The molecule has 10 rings (SSSR count). The molecule has 4 aliphatic rings. The van der Waals surface area contributed by atoms with Crippen LogP contribution in [-0.2, 0) is 19.4 Å². The first kappa shape index (κ1) is 59.3. The number of piperidine rings is 2. The number of anilines is 3. The zero-order chi connectivity index (χ0) is 59.0. The summed E-state index contributed by atoms with van der Waals surface area (Å²) < 4.78 is 59.4. The third-order valence-electron chi connectivity index (χ3n) is 16.2. The van der Waals surface area contributed by atoms with E-state index in [-0.39, 0.29) is 70.8 Å². The highest BCUT2D eigenvalue weighted by Gasteiger charge is 2.41. The first-order valence-corrected chi connectivity index (χ1v) is 31.0. The smallest absolute Gasteiger partial charge is 0.410 e. The average Bonchev–Trinajstić information content (AvgIpc) is 4.38. The maximum Gasteiger partial charge on any atom is 0.410 e. The molecule has 4 aliphatic heterocycles. The number of rotatable bonds is 16. The SMILES string of the molecule is Cc1n[nH]c(Nc2ncnc3cc(OCC4CCN(c5ncc(OC6CCN(C[C@H]7CN(C(=O)OC(C)(C)C)[C@H](C)CN7CC(=O)N7CCC[C@H]7c7nc(C(=O)c8ccc(F)cc8)cs7)CC6)cn5)CC4)c(S(=O)(=O)C(C)(C)C)cc23)c1C. The largest absolute Gasteiger partial charge is 0.492 e. The van der Waals surface area contributed by atoms with Crippen molar-refractivity contribution in [3.63, 3.8) is 0 Å². The Bertz CT molecular complexity index is 3410. The maximum absolute atomic E-state index is 14.4. The van der Waals surface area contributed by atoms with Crippen LogP contribution in [0.2, 0.25) is 0 Å². The topological polar surface area (TPSA) is 234 Å². The highest BCUT2D eigenvalue weighted by atomic mass is 32.2. The van der Waals surface area contributed by atoms with E-state index in [1.54, 1.807) is 55.6 Å². The molecule has 0 bridgehead atoms. The van der Waals surface area contributed by atoms with E-state index in [1.807, 2.05) is 46.4 Å². The van der Waals surface area contributed by atoms with E-state index in [0.717, 1.165) is 62.9 Å². The summed E-state index contributed by atoms with van der Waals surface area (Å²) in [4.78, 5) is 74.8. The number of ether oxygens (including phenoxy) is 3. The van der Waals surface area contributed by atoms with E-state index in [4.69, 9.17) is 29.2 Å². The van der Waals surface area contributed by atoms with E-state index in [0.29, 0.717) is 90.7 Å². The van der Waals surface area contributed by atoms with E-state index >= 15 is 0 Å². The van der Waals surface area contributed by atoms with E-state index in [1.165, 1.54) is 41.9 Å². The number of hydrogen-bond acceptors (Lipinski definition) is 19. The maximum atomic E-state index is 14.4. The van der Waals surface area contributed by atoms with Crippen LogP contribution < -0.4 is 19.7 Å². The molecule has 4 saturated heterocycles. The van der Waals surface area contributed by atoms with Crippen molar-refractivity contribution in [3.8, 4) is 11.5 Å². The quantitative estimate of drug-likeness (QED) is 0.0862. The minimum absolute atomic E-state index is 0.0206. The van der Waals surface area contributed by atoms with Gasteiger partial charge in [-0.25, -0.2) is 42.5 Å². The van der Waals surface area contributed by atoms with Gasteiger partial charge in [0.05, 0.1) is 47.5 Å². The molecule has 3 atom stereocenters. The van der Waals surface area contributed by atoms with Crippen molar-refractivity contribution in [1.82, 2.24) is 54.7 Å². The molecule has 21 nitrogen and oxygen atoms in total. The van der Waals surface area contributed by atoms with Crippen LogP contribution in [0, 0.1) is 25.6 Å². The van der Waals surface area contributed by atoms with Gasteiger partial charge in [0.15, 0.2) is 15.6 Å². The number of sulfone groups is 1. The normalized spacial score (nSPS) is 20.0. The number of ketones is 1. The van der Waals surface area contributed by atoms with Gasteiger partial charge in [0, 0.05) is 92.4 Å². The molecule has 0 radical (unpaired) electrons. The molecule has 0 unspecified atom stereocenters. The molecular formula is C59H76FN13O8S2. The number of thiazole rings is 1. The van der Waals surface area contributed by atoms with Gasteiger partial charge in [-0.1, -0.05) is 0 Å². The van der Waals surface area contributed by atoms with Crippen molar-refractivity contribution >= 4 is 67.4 Å². The number of piperazine rings is 1. The molecule has 4 aromatic heterocycles. The van der Waals surface area contributed by atoms with Gasteiger partial charge in [0.2, 0.25) is 17.6 Å². The monoisotopic (exact) mass is 1180 g/mol. The molecule has 2 amide bonds. The Kier molecular flexibility index (Phi) is 17.4. The number of amides is 2. The Hall–Kier alpha value is -6.89. The molecule has 0 saturated carbocycles. The zero-order valence-corrected chi connectivity index (χ0v) is 50.5. The van der Waals surface area contributed by atoms with Crippen LogP contribution in [-0.4, -0.2) is 175 Å². The van der Waals surface area contributed by atoms with E-state index < -0.39 is 26.0 Å². The van der Waals surface area contributed by atoms with E-state index in [2.05, 4.69) is 40.2 Å². The number of benzene rings is 2. The summed E-state index contributed by atoms with van der Waals surface area (Å²) >= 11 is 1.36. The molecule has 0 aliphatic carbocycles. The summed E-state index contributed by atoms with van der Waals surface area (Å²) in [5.41, 5.74) is 2.28. The molecule has 8 heterocycles. The fourth-order valence-corrected chi connectivity index (χ4v) is 13.5. The van der Waals surface area contributed by atoms with Gasteiger partial charge in [-0.2, -0.15) is 5.10 Å². The van der Waals surface area contributed by atoms with Gasteiger partial charge in [-0.15, -0.1) is 11.3 Å². The van der Waals surface area contributed by atoms with Gasteiger partial charge in [-0.05, 0) is 137 Å². The van der Waals surface area contributed by atoms with Crippen molar-refractivity contribution in [2.24, 2.45) is 5.92 Å². The molecule has 444 valence electrons. The average molecular weight is 1180 g/mol. The number of likely N-dealkylation sites (tertiary alicyclic amines) is 2. The van der Waals surface area contributed by atoms with Gasteiger partial charge in [0.25, 0.3) is 0 Å². The van der Waals surface area contributed by atoms with Crippen molar-refractivity contribution in [1.29, 1.82) is 0 Å². The number of carbonyl (C=O) groups excluding carboxylic acids is 3. The van der Waals surface area contributed by atoms with Gasteiger partial charge in [0.1, 0.15) is 56.8 Å². The lowest BCUT2D eigenvalue weighted by Gasteiger charge is -2.47. The highest BCUT2D eigenvalue weighted by molar-refractivity contribution is 7.92. The first-order chi connectivity index (χ1) is 39.5. The van der Waals surface area contributed by atoms with Crippen molar-refractivity contribution in [2.75, 3.05) is 75.7 Å². The number of aromatic nitrogens is 7. The minimum Gasteiger partial charge on any atom is -0.492 e. The number of carbonyl (C=O) groups is 3. The Morgan fingerprint density at radius 1 is 0.880 bits per heavy atom. The Balaban J connectivity index is 0.724. The lowest BCUT2D eigenvalue weighted by molar-refractivity contribution is -0.135. The number of aromatic amines is 1. The lowest BCUT2D eigenvalue weighted by atomic mass is 9.98. The fourth-order valence-electron chi connectivity index (χ4n) is 11.2. The van der Waals surface area contributed by atoms with E-state index in [9.17, 15) is 27.2 Å². The summed E-state index contributed by atoms with van der Waals surface area (Å²) in [6.07, 6.45) is 9.15. The second-order valence-electron chi connectivity index (χ2n) is 24.4. The third-order valence-corrected chi connectivity index (χ3v) is 19.7. The summed E-state index contributed by atoms with van der Waals surface area (Å²) in [7, 11) is -3.85. The molecule has 0 spiro atoms. The van der Waals surface area contributed by atoms with Crippen LogP contribution in [0.4, 0.5) is 26.8 Å². The third kappa shape index (κ3) is 13.6. The Morgan fingerprint density at radius 2 is 1.60 bits per heavy atom. The molecule has 83 heavy (non-hydrogen) atoms. The highest BCUT2D eigenvalue weighted by Crippen LogP contribution is 2.39. The van der Waals surface area contributed by atoms with Crippen molar-refractivity contribution in [2.45, 2.75) is 140 Å². The number of nitrogens with zero attached hydrogens (tertiary/aromatic N) is 11. The molecule has 2 N–H and O–H groups in total. The van der Waals surface area contributed by atoms with Crippen molar-refractivity contribution < 1.29 is 41.4 Å². The standard InChI is InChI=1S/C59H76FN13O8S2/c1-36-29-71(32-51(74)72-20-10-11-48(72)55-65-47(34-82-55)52(75)40-12-14-41(60)15-13-40)42(31-73(36)57(76)81-58(4,5)6)30-69-21-18-43(19-22-69)80-44-27-61-56(62-28-44)70-23-16-39(17-24-70)33-79-49-26-46-45(25-50(49)83(77,78)59(7,8)9)54(64-35-63-46)66-53-37(2)38(3)67-68-53/h12-15,25-28,34-36,39,42-43,48H,10-11,16-24,29-33H2,1-9H3,(H2,63,64,66,67,68)/t36-,42+,48+/m1/s1. The molecular weight excluding hydrogens is 1100 g/mol. The number of nitrogens with one attached hydrogen (secondary N) is 2. The number of aryl methyl sites for hydroxylation is 1. The Morgan fingerprint density at radius 3 is 2.28 bits per heavy atom. The van der Waals surface area contributed by atoms with Gasteiger partial charge in [-0.3, -0.25) is 19.6 Å². The zero-order valence-electron chi connectivity index (χ0n) is 48.9. The predicted octanol–water partition coefficient (Wildman–Crippen LogP) is 8.71. The van der Waals surface area contributed by atoms with Crippen LogP contribution in [0.15, 0.2) is 65.4 Å². The lowest BCUT2D eigenvalue weighted by Crippen LogP contribution is -2.63. The summed E-state index contributed by atoms with van der Waals surface area (Å²) in [5, 5.41) is 13.5. The van der Waals surface area contributed by atoms with Crippen molar-refractivity contribution in [3.05, 3.63) is 93.8 Å². The molecule has 24 heteroatoms. The predicted molar refractivity (Wildman–Crippen MR) is 314 cm³/mol. The molecule has 6 aromatic rings. The summed E-state index contributed by atoms with van der Waals surface area (Å²) in [6, 6.07) is 8.12. The fraction of sp³-hybridized carbons (Fsp3) is 0.542. The molecule has 4 fully saturated rings. The molecule has 2 aromatic carbocycles. The van der Waals surface area contributed by atoms with Crippen LogP contribution in [0.1, 0.15) is 125 Å². The number of H-pyrrole nitrogens is 1.